The second kappa shape index (κ2) is 5.80. The van der Waals surface area contributed by atoms with Gasteiger partial charge in [-0.15, -0.1) is 11.6 Å². The van der Waals surface area contributed by atoms with E-state index in [-0.39, 0.29) is 11.8 Å². The summed E-state index contributed by atoms with van der Waals surface area (Å²) in [7, 11) is 0. The number of amides is 1. The molecule has 0 aromatic rings. The first kappa shape index (κ1) is 12.2. The van der Waals surface area contributed by atoms with E-state index in [0.717, 1.165) is 0 Å². The molecular weight excluding hydrogens is 194 g/mol. The molecule has 1 N–H and O–H groups in total. The summed E-state index contributed by atoms with van der Waals surface area (Å²) in [5.74, 6) is -1.82. The van der Waals surface area contributed by atoms with E-state index in [0.29, 0.717) is 6.42 Å². The summed E-state index contributed by atoms with van der Waals surface area (Å²) in [5.41, 5.74) is 0. The van der Waals surface area contributed by atoms with Gasteiger partial charge in [-0.25, -0.2) is 0 Å². The molecule has 0 unspecified atom stereocenters. The van der Waals surface area contributed by atoms with Gasteiger partial charge >= 0.3 is 0 Å². The van der Waals surface area contributed by atoms with Crippen molar-refractivity contribution in [2.75, 3.05) is 5.88 Å². The minimum absolute atomic E-state index is 0.179. The zero-order chi connectivity index (χ0) is 10.4. The molecule has 0 fully saturated rings. The Bertz CT molecular complexity index is 194. The van der Waals surface area contributed by atoms with Crippen molar-refractivity contribution in [2.45, 2.75) is 26.3 Å². The van der Waals surface area contributed by atoms with Crippen molar-refractivity contribution >= 4 is 23.5 Å². The fraction of sp³-hybridized carbons (Fsp3) is 0.750. The van der Waals surface area contributed by atoms with Crippen molar-refractivity contribution in [3.05, 3.63) is 0 Å². The fourth-order valence-corrected chi connectivity index (χ4v) is 0.996. The molecule has 13 heavy (non-hydrogen) atoms. The lowest BCUT2D eigenvalue weighted by molar-refractivity contribution is -0.308. The van der Waals surface area contributed by atoms with Crippen molar-refractivity contribution in [3.63, 3.8) is 0 Å². The van der Waals surface area contributed by atoms with E-state index in [2.05, 4.69) is 5.32 Å². The molecule has 76 valence electrons. The quantitative estimate of drug-likeness (QED) is 0.617. The summed E-state index contributed by atoms with van der Waals surface area (Å²) in [4.78, 5) is 21.3. The molecule has 1 amide bonds. The normalized spacial score (nSPS) is 12.6. The molecule has 5 heteroatoms. The molecule has 0 rings (SSSR count). The van der Waals surface area contributed by atoms with Gasteiger partial charge in [0.05, 0.1) is 12.0 Å². The van der Waals surface area contributed by atoms with Gasteiger partial charge in [-0.2, -0.15) is 0 Å². The Balaban J connectivity index is 4.10. The van der Waals surface area contributed by atoms with Gasteiger partial charge in [0.25, 0.3) is 0 Å². The van der Waals surface area contributed by atoms with E-state index in [4.69, 9.17) is 11.6 Å². The molecule has 0 saturated carbocycles. The fourth-order valence-electron chi connectivity index (χ4n) is 0.918. The topological polar surface area (TPSA) is 69.2 Å². The lowest BCUT2D eigenvalue weighted by atomic mass is 10.0. The molecule has 0 aliphatic rings. The maximum atomic E-state index is 10.8. The smallest absolute Gasteiger partial charge is 0.235 e. The van der Waals surface area contributed by atoms with E-state index in [1.54, 1.807) is 0 Å². The van der Waals surface area contributed by atoms with Gasteiger partial charge in [0.2, 0.25) is 5.91 Å². The standard InChI is InChI=1S/C8H14ClNO3/c1-5(2)3-6(8(12)13)10-7(11)4-9/h5-6H,3-4H2,1-2H3,(H,10,11)(H,12,13)/p-1/t6-/m1/s1. The monoisotopic (exact) mass is 206 g/mol. The summed E-state index contributed by atoms with van der Waals surface area (Å²) in [6.07, 6.45) is 0.352. The number of carboxylic acid groups (broad SMARTS) is 1. The van der Waals surface area contributed by atoms with Crippen molar-refractivity contribution < 1.29 is 14.7 Å². The summed E-state index contributed by atoms with van der Waals surface area (Å²) in [5, 5.41) is 12.8. The average molecular weight is 207 g/mol. The molecule has 0 aliphatic carbocycles. The van der Waals surface area contributed by atoms with Gasteiger partial charge < -0.3 is 15.2 Å². The zero-order valence-electron chi connectivity index (χ0n) is 7.67. The van der Waals surface area contributed by atoms with Gasteiger partial charge in [-0.3, -0.25) is 4.79 Å². The van der Waals surface area contributed by atoms with Crippen LogP contribution in [0.15, 0.2) is 0 Å². The van der Waals surface area contributed by atoms with E-state index < -0.39 is 17.9 Å². The molecule has 0 spiro atoms. The Morgan fingerprint density at radius 3 is 2.31 bits per heavy atom. The molecule has 0 radical (unpaired) electrons. The molecule has 0 aromatic heterocycles. The number of carboxylic acids is 1. The number of hydrogen-bond acceptors (Lipinski definition) is 3. The highest BCUT2D eigenvalue weighted by Crippen LogP contribution is 2.03. The van der Waals surface area contributed by atoms with Crippen molar-refractivity contribution in [3.8, 4) is 0 Å². The molecule has 0 heterocycles. The van der Waals surface area contributed by atoms with E-state index >= 15 is 0 Å². The van der Waals surface area contributed by atoms with Crippen molar-refractivity contribution in [2.24, 2.45) is 5.92 Å². The van der Waals surface area contributed by atoms with Crippen molar-refractivity contribution in [1.82, 2.24) is 5.32 Å². The third-order valence-corrected chi connectivity index (χ3v) is 1.69. The lowest BCUT2D eigenvalue weighted by Crippen LogP contribution is -2.48. The highest BCUT2D eigenvalue weighted by molar-refractivity contribution is 6.27. The molecule has 0 saturated heterocycles. The van der Waals surface area contributed by atoms with Gasteiger partial charge in [-0.1, -0.05) is 13.8 Å². The summed E-state index contributed by atoms with van der Waals surface area (Å²) in [6.45, 7) is 3.73. The predicted octanol–water partition coefficient (Wildman–Crippen LogP) is -0.494. The van der Waals surface area contributed by atoms with Crippen molar-refractivity contribution in [1.29, 1.82) is 0 Å². The summed E-state index contributed by atoms with van der Waals surface area (Å²) < 4.78 is 0. The van der Waals surface area contributed by atoms with E-state index in [9.17, 15) is 14.7 Å². The van der Waals surface area contributed by atoms with Gasteiger partial charge in [-0.05, 0) is 12.3 Å². The molecule has 0 bridgehead atoms. The number of alkyl halides is 1. The Morgan fingerprint density at radius 2 is 2.00 bits per heavy atom. The lowest BCUT2D eigenvalue weighted by Gasteiger charge is -2.20. The van der Waals surface area contributed by atoms with Crippen LogP contribution in [0.1, 0.15) is 20.3 Å². The van der Waals surface area contributed by atoms with Crippen LogP contribution in [0.4, 0.5) is 0 Å². The number of hydrogen-bond donors (Lipinski definition) is 1. The number of aliphatic carboxylic acids is 1. The van der Waals surface area contributed by atoms with Crippen LogP contribution in [0.5, 0.6) is 0 Å². The van der Waals surface area contributed by atoms with Crippen LogP contribution in [0.2, 0.25) is 0 Å². The molecule has 4 nitrogen and oxygen atoms in total. The van der Waals surface area contributed by atoms with Gasteiger partial charge in [0.15, 0.2) is 0 Å². The minimum atomic E-state index is -1.27. The van der Waals surface area contributed by atoms with Crippen LogP contribution in [0, 0.1) is 5.92 Å². The van der Waals surface area contributed by atoms with Crippen LogP contribution < -0.4 is 10.4 Å². The number of halogens is 1. The largest absolute Gasteiger partial charge is 0.548 e. The van der Waals surface area contributed by atoms with E-state index in [1.165, 1.54) is 0 Å². The van der Waals surface area contributed by atoms with Gasteiger partial charge in [0.1, 0.15) is 5.88 Å². The Hall–Kier alpha value is -0.770. The molecular formula is C8H13ClNO3-. The number of rotatable bonds is 5. The summed E-state index contributed by atoms with van der Waals surface area (Å²) >= 11 is 5.21. The molecule has 1 atom stereocenters. The first-order valence-corrected chi connectivity index (χ1v) is 4.57. The zero-order valence-corrected chi connectivity index (χ0v) is 8.43. The maximum absolute atomic E-state index is 10.8. The number of carbonyl (C=O) groups is 2. The molecule has 0 aromatic carbocycles. The number of nitrogens with one attached hydrogen (secondary N) is 1. The summed E-state index contributed by atoms with van der Waals surface area (Å²) in [6, 6.07) is -0.939. The Labute approximate surface area is 82.3 Å². The van der Waals surface area contributed by atoms with Crippen LogP contribution >= 0.6 is 11.6 Å². The first-order chi connectivity index (χ1) is 5.97. The predicted molar refractivity (Wildman–Crippen MR) is 47.1 cm³/mol. The van der Waals surface area contributed by atoms with Gasteiger partial charge in [0, 0.05) is 0 Å². The third-order valence-electron chi connectivity index (χ3n) is 1.45. The van der Waals surface area contributed by atoms with Crippen LogP contribution in [0.3, 0.4) is 0 Å². The van der Waals surface area contributed by atoms with Crippen LogP contribution in [-0.4, -0.2) is 23.8 Å². The Kier molecular flexibility index (Phi) is 5.46. The second-order valence-corrected chi connectivity index (χ2v) is 3.47. The minimum Gasteiger partial charge on any atom is -0.548 e. The van der Waals surface area contributed by atoms with E-state index in [1.807, 2.05) is 13.8 Å². The third kappa shape index (κ3) is 5.47. The Morgan fingerprint density at radius 1 is 1.46 bits per heavy atom. The SMILES string of the molecule is CC(C)C[C@@H](NC(=O)CCl)C(=O)[O-]. The number of carbonyl (C=O) groups excluding carboxylic acids is 2. The van der Waals surface area contributed by atoms with Crippen LogP contribution in [0.25, 0.3) is 0 Å². The highest BCUT2D eigenvalue weighted by atomic mass is 35.5. The van der Waals surface area contributed by atoms with Crippen LogP contribution in [-0.2, 0) is 9.59 Å². The first-order valence-electron chi connectivity index (χ1n) is 4.03. The average Bonchev–Trinajstić information content (AvgIpc) is 2.02. The maximum Gasteiger partial charge on any atom is 0.235 e. The highest BCUT2D eigenvalue weighted by Gasteiger charge is 2.13. The second-order valence-electron chi connectivity index (χ2n) is 3.20. The molecule has 0 aliphatic heterocycles.